The van der Waals surface area contributed by atoms with E-state index in [-0.39, 0.29) is 18.8 Å². The van der Waals surface area contributed by atoms with E-state index in [2.05, 4.69) is 55.1 Å². The fraction of sp³-hybridized carbons (Fsp3) is 0.500. The zero-order chi connectivity index (χ0) is 25.3. The summed E-state index contributed by atoms with van der Waals surface area (Å²) < 4.78 is 18.2. The number of hydrogen-bond acceptors (Lipinski definition) is 7. The highest BCUT2D eigenvalue weighted by Gasteiger charge is 2.22. The Morgan fingerprint density at radius 2 is 1.82 bits per heavy atom. The van der Waals surface area contributed by atoms with Crippen LogP contribution >= 0.6 is 11.8 Å². The number of ether oxygens (including phenoxy) is 3. The zero-order valence-electron chi connectivity index (χ0n) is 21.6. The number of rotatable bonds is 10. The molecule has 7 nitrogen and oxygen atoms in total. The number of thioether (sulfide) groups is 1. The van der Waals surface area contributed by atoms with Crippen LogP contribution in [0, 0.1) is 13.8 Å². The largest absolute Gasteiger partial charge is 0.511 e. The number of hydrogen-bond donors (Lipinski definition) is 0. The number of nitrogens with zero attached hydrogens (tertiary/aromatic N) is 3. The minimum Gasteiger partial charge on any atom is -0.454 e. The van der Waals surface area contributed by atoms with E-state index in [9.17, 15) is 4.79 Å². The number of allylic oxidation sites excluding steroid dienone is 1. The van der Waals surface area contributed by atoms with Crippen LogP contribution in [0.3, 0.4) is 0 Å². The van der Waals surface area contributed by atoms with E-state index < -0.39 is 6.16 Å². The van der Waals surface area contributed by atoms with Crippen LogP contribution in [0.1, 0.15) is 55.8 Å². The molecule has 0 unspecified atom stereocenters. The summed E-state index contributed by atoms with van der Waals surface area (Å²) in [5, 5.41) is 4.65. The smallest absolute Gasteiger partial charge is 0.454 e. The zero-order valence-corrected chi connectivity index (χ0v) is 22.4. The molecule has 0 bridgehead atoms. The van der Waals surface area contributed by atoms with Gasteiger partial charge in [0.2, 0.25) is 6.79 Å². The predicted octanol–water partition coefficient (Wildman–Crippen LogP) is 5.88. The van der Waals surface area contributed by atoms with Gasteiger partial charge in [-0.2, -0.15) is 16.9 Å². The van der Waals surface area contributed by atoms with Crippen molar-refractivity contribution in [3.05, 3.63) is 52.3 Å². The Morgan fingerprint density at radius 3 is 2.38 bits per heavy atom. The predicted molar refractivity (Wildman–Crippen MR) is 141 cm³/mol. The molecule has 8 heteroatoms. The molecule has 0 atom stereocenters. The Hall–Kier alpha value is -2.74. The second-order valence-corrected chi connectivity index (χ2v) is 9.82. The normalized spacial score (nSPS) is 12.6. The topological polar surface area (TPSA) is 74.9 Å². The van der Waals surface area contributed by atoms with E-state index in [1.165, 1.54) is 5.56 Å². The molecule has 186 valence electrons. The van der Waals surface area contributed by atoms with Gasteiger partial charge in [-0.3, -0.25) is 9.67 Å². The molecule has 0 radical (unpaired) electrons. The van der Waals surface area contributed by atoms with Crippen molar-refractivity contribution in [1.29, 1.82) is 0 Å². The van der Waals surface area contributed by atoms with Crippen LogP contribution < -0.4 is 0 Å². The summed E-state index contributed by atoms with van der Waals surface area (Å²) in [7, 11) is 1.72. The van der Waals surface area contributed by atoms with Gasteiger partial charge in [-0.05, 0) is 43.6 Å². The lowest BCUT2D eigenvalue weighted by molar-refractivity contribution is -0.00333. The third-order valence-electron chi connectivity index (χ3n) is 5.39. The Morgan fingerprint density at radius 1 is 1.15 bits per heavy atom. The summed E-state index contributed by atoms with van der Waals surface area (Å²) >= 11 is 1.59. The van der Waals surface area contributed by atoms with Crippen LogP contribution in [0.4, 0.5) is 4.79 Å². The van der Waals surface area contributed by atoms with E-state index in [4.69, 9.17) is 14.2 Å². The first-order valence-electron chi connectivity index (χ1n) is 11.4. The highest BCUT2D eigenvalue weighted by molar-refractivity contribution is 7.98. The Balaban J connectivity index is 2.51. The van der Waals surface area contributed by atoms with Gasteiger partial charge in [-0.1, -0.05) is 45.0 Å². The highest BCUT2D eigenvalue weighted by atomic mass is 32.2. The summed E-state index contributed by atoms with van der Waals surface area (Å²) in [5.74, 6) is 1.25. The second kappa shape index (κ2) is 12.6. The molecule has 0 fully saturated rings. The SMILES string of the molecule is CCn1nc(C)c(C)c1/C(OCOC(=O)OCCSC)=C(\C=N/C)c1ccc(C(C)(C)C)cc1. The van der Waals surface area contributed by atoms with Crippen molar-refractivity contribution in [1.82, 2.24) is 9.78 Å². The van der Waals surface area contributed by atoms with Gasteiger partial charge < -0.3 is 14.2 Å². The van der Waals surface area contributed by atoms with Crippen LogP contribution in [0.2, 0.25) is 0 Å². The number of benzene rings is 1. The van der Waals surface area contributed by atoms with E-state index in [1.54, 1.807) is 25.0 Å². The molecule has 0 spiro atoms. The monoisotopic (exact) mass is 487 g/mol. The van der Waals surface area contributed by atoms with Gasteiger partial charge in [0.05, 0.1) is 5.69 Å². The van der Waals surface area contributed by atoms with Crippen LogP contribution in [-0.4, -0.2) is 54.6 Å². The van der Waals surface area contributed by atoms with E-state index >= 15 is 0 Å². The first-order valence-corrected chi connectivity index (χ1v) is 12.8. The van der Waals surface area contributed by atoms with Crippen LogP contribution in [0.5, 0.6) is 0 Å². The highest BCUT2D eigenvalue weighted by Crippen LogP contribution is 2.31. The number of carbonyl (C=O) groups is 1. The molecule has 1 heterocycles. The van der Waals surface area contributed by atoms with Gasteiger partial charge in [0.1, 0.15) is 12.3 Å². The average molecular weight is 488 g/mol. The Bertz CT molecular complexity index is 1020. The van der Waals surface area contributed by atoms with E-state index in [1.807, 2.05) is 31.7 Å². The molecule has 0 saturated heterocycles. The first kappa shape index (κ1) is 27.5. The maximum absolute atomic E-state index is 11.9. The lowest BCUT2D eigenvalue weighted by Gasteiger charge is -2.20. The Kier molecular flexibility index (Phi) is 10.2. The summed E-state index contributed by atoms with van der Waals surface area (Å²) in [6.07, 6.45) is 2.95. The lowest BCUT2D eigenvalue weighted by atomic mass is 9.86. The lowest BCUT2D eigenvalue weighted by Crippen LogP contribution is -2.14. The fourth-order valence-corrected chi connectivity index (χ4v) is 3.64. The van der Waals surface area contributed by atoms with Crippen molar-refractivity contribution >= 4 is 35.5 Å². The van der Waals surface area contributed by atoms with Crippen molar-refractivity contribution in [3.8, 4) is 0 Å². The summed E-state index contributed by atoms with van der Waals surface area (Å²) in [5.41, 5.74) is 5.72. The van der Waals surface area contributed by atoms with Gasteiger partial charge in [-0.25, -0.2) is 4.79 Å². The van der Waals surface area contributed by atoms with Gasteiger partial charge in [0, 0.05) is 36.7 Å². The third kappa shape index (κ3) is 7.13. The van der Waals surface area contributed by atoms with Crippen molar-refractivity contribution in [2.24, 2.45) is 4.99 Å². The quantitative estimate of drug-likeness (QED) is 0.137. The molecular weight excluding hydrogens is 450 g/mol. The van der Waals surface area contributed by atoms with Crippen molar-refractivity contribution in [2.45, 2.75) is 53.5 Å². The molecule has 34 heavy (non-hydrogen) atoms. The molecule has 1 aromatic heterocycles. The maximum atomic E-state index is 11.9. The average Bonchev–Trinajstić information content (AvgIpc) is 3.08. The fourth-order valence-electron chi connectivity index (χ4n) is 3.39. The van der Waals surface area contributed by atoms with Crippen LogP contribution in [0.15, 0.2) is 29.3 Å². The third-order valence-corrected chi connectivity index (χ3v) is 5.97. The van der Waals surface area contributed by atoms with Crippen molar-refractivity contribution in [2.75, 3.05) is 32.5 Å². The molecule has 0 aliphatic heterocycles. The summed E-state index contributed by atoms with van der Waals surface area (Å²) in [4.78, 5) is 16.2. The molecule has 0 saturated carbocycles. The van der Waals surface area contributed by atoms with Crippen molar-refractivity contribution < 1.29 is 19.0 Å². The minimum absolute atomic E-state index is 0.0413. The van der Waals surface area contributed by atoms with Crippen LogP contribution in [-0.2, 0) is 26.2 Å². The van der Waals surface area contributed by atoms with Gasteiger partial charge in [0.25, 0.3) is 0 Å². The minimum atomic E-state index is -0.759. The van der Waals surface area contributed by atoms with Gasteiger partial charge in [0.15, 0.2) is 5.76 Å². The molecule has 2 aromatic rings. The van der Waals surface area contributed by atoms with Gasteiger partial charge in [-0.15, -0.1) is 0 Å². The molecule has 0 amide bonds. The molecule has 1 aromatic carbocycles. The first-order chi connectivity index (χ1) is 16.1. The number of aryl methyl sites for hydroxylation is 2. The van der Waals surface area contributed by atoms with E-state index in [0.717, 1.165) is 28.1 Å². The standard InChI is InChI=1S/C26H37N3O4S/c1-9-29-23(18(2)19(3)28-29)24(32-17-33-25(30)31-14-15-34-8)22(16-27-7)20-10-12-21(13-11-20)26(4,5)6/h10-13,16H,9,14-15,17H2,1-8H3/b24-22-,27-16-. The number of aliphatic imine (C=N–C) groups is 1. The maximum Gasteiger partial charge on any atom is 0.511 e. The number of aromatic nitrogens is 2. The number of carbonyl (C=O) groups excluding carboxylic acids is 1. The second-order valence-electron chi connectivity index (χ2n) is 8.83. The van der Waals surface area contributed by atoms with Crippen LogP contribution in [0.25, 0.3) is 11.3 Å². The molecule has 0 N–H and O–H groups in total. The molecule has 0 aliphatic rings. The molecular formula is C26H37N3O4S. The Labute approximate surface area is 207 Å². The molecule has 0 aliphatic carbocycles. The summed E-state index contributed by atoms with van der Waals surface area (Å²) in [6.45, 7) is 13.2. The molecule has 2 rings (SSSR count). The summed E-state index contributed by atoms with van der Waals surface area (Å²) in [6, 6.07) is 8.36. The van der Waals surface area contributed by atoms with Crippen molar-refractivity contribution in [3.63, 3.8) is 0 Å². The van der Waals surface area contributed by atoms with Gasteiger partial charge >= 0.3 is 6.16 Å². The van der Waals surface area contributed by atoms with E-state index in [0.29, 0.717) is 18.1 Å².